The van der Waals surface area contributed by atoms with E-state index in [0.29, 0.717) is 16.4 Å². The smallest absolute Gasteiger partial charge is 0.257 e. The Bertz CT molecular complexity index is 909. The molecule has 0 aliphatic heterocycles. The minimum Gasteiger partial charge on any atom is -0.506 e. The van der Waals surface area contributed by atoms with Crippen molar-refractivity contribution in [3.63, 3.8) is 0 Å². The maximum atomic E-state index is 13.0. The van der Waals surface area contributed by atoms with Crippen LogP contribution in [-0.2, 0) is 0 Å². The summed E-state index contributed by atoms with van der Waals surface area (Å²) in [4.78, 5) is 17.5. The fourth-order valence-corrected chi connectivity index (χ4v) is 3.15. The number of halogens is 2. The minimum absolute atomic E-state index is 0.0862. The summed E-state index contributed by atoms with van der Waals surface area (Å²) in [6, 6.07) is 10.2. The molecule has 1 heterocycles. The van der Waals surface area contributed by atoms with Crippen molar-refractivity contribution >= 4 is 34.0 Å². The molecule has 3 rings (SSSR count). The first-order chi connectivity index (χ1) is 11.4. The van der Waals surface area contributed by atoms with Crippen LogP contribution in [0.2, 0.25) is 5.02 Å². The molecule has 1 amide bonds. The zero-order valence-electron chi connectivity index (χ0n) is 12.5. The highest BCUT2D eigenvalue weighted by Gasteiger charge is 2.14. The van der Waals surface area contributed by atoms with Crippen molar-refractivity contribution in [2.75, 3.05) is 5.32 Å². The van der Waals surface area contributed by atoms with E-state index in [9.17, 15) is 14.3 Å². The predicted molar refractivity (Wildman–Crippen MR) is 93.3 cm³/mol. The number of hydrogen-bond acceptors (Lipinski definition) is 4. The van der Waals surface area contributed by atoms with Crippen LogP contribution in [0.25, 0.3) is 11.3 Å². The Morgan fingerprint density at radius 3 is 2.62 bits per heavy atom. The van der Waals surface area contributed by atoms with Gasteiger partial charge in [0.1, 0.15) is 11.6 Å². The predicted octanol–water partition coefficient (Wildman–Crippen LogP) is 4.87. The van der Waals surface area contributed by atoms with Gasteiger partial charge in [-0.3, -0.25) is 10.1 Å². The van der Waals surface area contributed by atoms with Gasteiger partial charge < -0.3 is 5.11 Å². The van der Waals surface area contributed by atoms with Crippen LogP contribution >= 0.6 is 22.9 Å². The number of nitrogens with one attached hydrogen (secondary N) is 1. The number of nitrogens with zero attached hydrogens (tertiary/aromatic N) is 1. The lowest BCUT2D eigenvalue weighted by Gasteiger charge is -2.03. The van der Waals surface area contributed by atoms with Crippen LogP contribution in [-0.4, -0.2) is 16.0 Å². The summed E-state index contributed by atoms with van der Waals surface area (Å²) in [7, 11) is 0. The van der Waals surface area contributed by atoms with E-state index in [1.54, 1.807) is 12.1 Å². The monoisotopic (exact) mass is 362 g/mol. The summed E-state index contributed by atoms with van der Waals surface area (Å²) < 4.78 is 13.0. The van der Waals surface area contributed by atoms with Crippen molar-refractivity contribution in [1.29, 1.82) is 0 Å². The SMILES string of the molecule is Cc1sc(NC(=O)c2ccc(O)c(Cl)c2)nc1-c1ccc(F)cc1. The van der Waals surface area contributed by atoms with Gasteiger partial charge in [-0.2, -0.15) is 0 Å². The van der Waals surface area contributed by atoms with Crippen molar-refractivity contribution in [3.05, 3.63) is 63.7 Å². The van der Waals surface area contributed by atoms with Gasteiger partial charge in [0.25, 0.3) is 5.91 Å². The lowest BCUT2D eigenvalue weighted by Crippen LogP contribution is -2.11. The zero-order valence-corrected chi connectivity index (χ0v) is 14.1. The number of anilines is 1. The van der Waals surface area contributed by atoms with Crippen molar-refractivity contribution in [3.8, 4) is 17.0 Å². The van der Waals surface area contributed by atoms with Gasteiger partial charge in [0.15, 0.2) is 5.13 Å². The van der Waals surface area contributed by atoms with Crippen LogP contribution in [0.1, 0.15) is 15.2 Å². The number of rotatable bonds is 3. The third kappa shape index (κ3) is 3.39. The molecule has 24 heavy (non-hydrogen) atoms. The zero-order chi connectivity index (χ0) is 17.3. The van der Waals surface area contributed by atoms with Crippen LogP contribution in [0.5, 0.6) is 5.75 Å². The van der Waals surface area contributed by atoms with Gasteiger partial charge in [-0.05, 0) is 49.4 Å². The van der Waals surface area contributed by atoms with E-state index in [0.717, 1.165) is 10.4 Å². The van der Waals surface area contributed by atoms with Crippen molar-refractivity contribution in [2.45, 2.75) is 6.92 Å². The first-order valence-electron chi connectivity index (χ1n) is 6.97. The van der Waals surface area contributed by atoms with Crippen molar-refractivity contribution < 1.29 is 14.3 Å². The van der Waals surface area contributed by atoms with E-state index >= 15 is 0 Å². The van der Waals surface area contributed by atoms with E-state index in [2.05, 4.69) is 10.3 Å². The van der Waals surface area contributed by atoms with E-state index in [4.69, 9.17) is 11.6 Å². The molecule has 122 valence electrons. The van der Waals surface area contributed by atoms with Gasteiger partial charge in [0.2, 0.25) is 0 Å². The number of benzene rings is 2. The molecule has 4 nitrogen and oxygen atoms in total. The number of amides is 1. The molecule has 0 radical (unpaired) electrons. The van der Waals surface area contributed by atoms with Crippen LogP contribution in [0, 0.1) is 12.7 Å². The highest BCUT2D eigenvalue weighted by atomic mass is 35.5. The Morgan fingerprint density at radius 1 is 1.25 bits per heavy atom. The Kier molecular flexibility index (Phi) is 4.51. The summed E-state index contributed by atoms with van der Waals surface area (Å²) in [6.45, 7) is 1.88. The third-order valence-electron chi connectivity index (χ3n) is 3.34. The second-order valence-corrected chi connectivity index (χ2v) is 6.66. The number of carbonyl (C=O) groups excluding carboxylic acids is 1. The van der Waals surface area contributed by atoms with Gasteiger partial charge in [-0.1, -0.05) is 11.6 Å². The Morgan fingerprint density at radius 2 is 1.96 bits per heavy atom. The molecule has 0 spiro atoms. The number of carbonyl (C=O) groups is 1. The molecule has 1 aromatic heterocycles. The number of aromatic hydroxyl groups is 1. The number of aryl methyl sites for hydroxylation is 1. The van der Waals surface area contributed by atoms with Gasteiger partial charge in [0, 0.05) is 16.0 Å². The largest absolute Gasteiger partial charge is 0.506 e. The summed E-state index contributed by atoms with van der Waals surface area (Å²) in [5, 5.41) is 12.6. The molecule has 0 fully saturated rings. The highest BCUT2D eigenvalue weighted by molar-refractivity contribution is 7.16. The van der Waals surface area contributed by atoms with Crippen LogP contribution in [0.3, 0.4) is 0 Å². The molecular formula is C17H12ClFN2O2S. The van der Waals surface area contributed by atoms with E-state index in [1.807, 2.05) is 6.92 Å². The molecule has 2 N–H and O–H groups in total. The lowest BCUT2D eigenvalue weighted by atomic mass is 10.1. The standard InChI is InChI=1S/C17H12ClFN2O2S/c1-9-15(10-2-5-12(19)6-3-10)20-17(24-9)21-16(23)11-4-7-14(22)13(18)8-11/h2-8,22H,1H3,(H,20,21,23). The first kappa shape index (κ1) is 16.4. The molecule has 0 unspecified atom stereocenters. The first-order valence-corrected chi connectivity index (χ1v) is 8.17. The Balaban J connectivity index is 1.83. The van der Waals surface area contributed by atoms with E-state index < -0.39 is 0 Å². The lowest BCUT2D eigenvalue weighted by molar-refractivity contribution is 0.102. The number of thiazole rings is 1. The molecule has 2 aromatic carbocycles. The average Bonchev–Trinajstić information content (AvgIpc) is 2.91. The van der Waals surface area contributed by atoms with E-state index in [-0.39, 0.29) is 22.5 Å². The molecule has 0 aliphatic carbocycles. The average molecular weight is 363 g/mol. The molecule has 0 aliphatic rings. The van der Waals surface area contributed by atoms with Crippen molar-refractivity contribution in [1.82, 2.24) is 4.98 Å². The van der Waals surface area contributed by atoms with Gasteiger partial charge >= 0.3 is 0 Å². The van der Waals surface area contributed by atoms with Gasteiger partial charge in [0.05, 0.1) is 10.7 Å². The van der Waals surface area contributed by atoms with Crippen molar-refractivity contribution in [2.24, 2.45) is 0 Å². The second kappa shape index (κ2) is 6.59. The molecule has 7 heteroatoms. The Labute approximate surface area is 146 Å². The topological polar surface area (TPSA) is 62.2 Å². The quantitative estimate of drug-likeness (QED) is 0.698. The Hall–Kier alpha value is -2.44. The summed E-state index contributed by atoms with van der Waals surface area (Å²) >= 11 is 7.13. The maximum absolute atomic E-state index is 13.0. The van der Waals surface area contributed by atoms with Gasteiger partial charge in [-0.15, -0.1) is 11.3 Å². The number of phenols is 1. The number of hydrogen-bond donors (Lipinski definition) is 2. The molecule has 0 bridgehead atoms. The summed E-state index contributed by atoms with van der Waals surface area (Å²) in [5.41, 5.74) is 1.78. The molecule has 0 saturated carbocycles. The fraction of sp³-hybridized carbons (Fsp3) is 0.0588. The van der Waals surface area contributed by atoms with Gasteiger partial charge in [-0.25, -0.2) is 9.37 Å². The highest BCUT2D eigenvalue weighted by Crippen LogP contribution is 2.31. The fourth-order valence-electron chi connectivity index (χ4n) is 2.14. The normalized spacial score (nSPS) is 10.6. The van der Waals surface area contributed by atoms with Crippen LogP contribution < -0.4 is 5.32 Å². The number of phenolic OH excluding ortho intramolecular Hbond substituents is 1. The molecule has 3 aromatic rings. The van der Waals surface area contributed by atoms with Crippen LogP contribution in [0.4, 0.5) is 9.52 Å². The van der Waals surface area contributed by atoms with E-state index in [1.165, 1.54) is 41.7 Å². The summed E-state index contributed by atoms with van der Waals surface area (Å²) in [5.74, 6) is -0.780. The molecule has 0 saturated heterocycles. The minimum atomic E-state index is -0.378. The third-order valence-corrected chi connectivity index (χ3v) is 4.53. The second-order valence-electron chi connectivity index (χ2n) is 5.05. The maximum Gasteiger partial charge on any atom is 0.257 e. The molecule has 0 atom stereocenters. The number of aromatic nitrogens is 1. The van der Waals surface area contributed by atoms with Crippen LogP contribution in [0.15, 0.2) is 42.5 Å². The summed E-state index contributed by atoms with van der Waals surface area (Å²) in [6.07, 6.45) is 0. The molecular weight excluding hydrogens is 351 g/mol.